The molecule has 1 aromatic carbocycles. The van der Waals surface area contributed by atoms with E-state index in [-0.39, 0.29) is 5.97 Å². The van der Waals surface area contributed by atoms with Crippen LogP contribution in [0.2, 0.25) is 5.02 Å². The lowest BCUT2D eigenvalue weighted by Crippen LogP contribution is -2.27. The molecule has 2 aromatic rings. The SMILES string of the molecule is CCOC(=O)c1c(C)nc(-c2ccc(Cl)cc2)nc1N(CC)CC. The first-order valence-electron chi connectivity index (χ1n) is 8.08. The van der Waals surface area contributed by atoms with E-state index in [0.717, 1.165) is 18.7 Å². The van der Waals surface area contributed by atoms with Crippen molar-refractivity contribution in [3.63, 3.8) is 0 Å². The number of benzene rings is 1. The Morgan fingerprint density at radius 2 is 1.75 bits per heavy atom. The molecule has 1 aromatic heterocycles. The van der Waals surface area contributed by atoms with Gasteiger partial charge in [0.2, 0.25) is 0 Å². The van der Waals surface area contributed by atoms with Crippen molar-refractivity contribution in [3.05, 3.63) is 40.5 Å². The minimum Gasteiger partial charge on any atom is -0.462 e. The van der Waals surface area contributed by atoms with E-state index < -0.39 is 0 Å². The van der Waals surface area contributed by atoms with Crippen molar-refractivity contribution in [2.75, 3.05) is 24.6 Å². The van der Waals surface area contributed by atoms with Gasteiger partial charge in [0, 0.05) is 23.7 Å². The van der Waals surface area contributed by atoms with Gasteiger partial charge in [-0.3, -0.25) is 0 Å². The van der Waals surface area contributed by atoms with Crippen LogP contribution in [0.3, 0.4) is 0 Å². The van der Waals surface area contributed by atoms with Gasteiger partial charge in [0.05, 0.1) is 12.3 Å². The number of hydrogen-bond donors (Lipinski definition) is 0. The second kappa shape index (κ2) is 8.11. The number of aryl methyl sites for hydroxylation is 1. The first-order chi connectivity index (χ1) is 11.5. The Balaban J connectivity index is 2.61. The highest BCUT2D eigenvalue weighted by atomic mass is 35.5. The van der Waals surface area contributed by atoms with Crippen LogP contribution in [0.15, 0.2) is 24.3 Å². The van der Waals surface area contributed by atoms with Crippen molar-refractivity contribution >= 4 is 23.4 Å². The van der Waals surface area contributed by atoms with E-state index in [9.17, 15) is 4.79 Å². The first-order valence-corrected chi connectivity index (χ1v) is 8.46. The number of anilines is 1. The monoisotopic (exact) mass is 347 g/mol. The molecule has 0 radical (unpaired) electrons. The second-order valence-corrected chi connectivity index (χ2v) is 5.67. The molecule has 0 spiro atoms. The maximum atomic E-state index is 12.4. The molecule has 0 amide bonds. The van der Waals surface area contributed by atoms with Crippen LogP contribution in [0, 0.1) is 6.92 Å². The molecule has 2 rings (SSSR count). The average Bonchev–Trinajstić information content (AvgIpc) is 2.56. The topological polar surface area (TPSA) is 55.3 Å². The Bertz CT molecular complexity index is 713. The van der Waals surface area contributed by atoms with Crippen LogP contribution in [-0.2, 0) is 4.74 Å². The molecular formula is C18H22ClN3O2. The normalized spacial score (nSPS) is 10.5. The van der Waals surface area contributed by atoms with E-state index in [0.29, 0.717) is 34.5 Å². The third-order valence-electron chi connectivity index (χ3n) is 3.72. The third kappa shape index (κ3) is 3.85. The van der Waals surface area contributed by atoms with E-state index >= 15 is 0 Å². The maximum absolute atomic E-state index is 12.4. The predicted octanol–water partition coefficient (Wildman–Crippen LogP) is 4.13. The highest BCUT2D eigenvalue weighted by Gasteiger charge is 2.23. The fraction of sp³-hybridized carbons (Fsp3) is 0.389. The Labute approximate surface area is 147 Å². The molecular weight excluding hydrogens is 326 g/mol. The summed E-state index contributed by atoms with van der Waals surface area (Å²) in [4.78, 5) is 23.6. The number of nitrogens with zero attached hydrogens (tertiary/aromatic N) is 3. The van der Waals surface area contributed by atoms with Crippen LogP contribution in [0.25, 0.3) is 11.4 Å². The molecule has 0 fully saturated rings. The molecule has 128 valence electrons. The van der Waals surface area contributed by atoms with Gasteiger partial charge in [-0.05, 0) is 52.0 Å². The van der Waals surface area contributed by atoms with E-state index in [1.54, 1.807) is 26.0 Å². The fourth-order valence-electron chi connectivity index (χ4n) is 2.48. The maximum Gasteiger partial charge on any atom is 0.343 e. The van der Waals surface area contributed by atoms with Crippen molar-refractivity contribution in [2.45, 2.75) is 27.7 Å². The number of carbonyl (C=O) groups excluding carboxylic acids is 1. The zero-order valence-corrected chi connectivity index (χ0v) is 15.2. The summed E-state index contributed by atoms with van der Waals surface area (Å²) in [5.41, 5.74) is 1.89. The van der Waals surface area contributed by atoms with Gasteiger partial charge in [0.1, 0.15) is 11.4 Å². The second-order valence-electron chi connectivity index (χ2n) is 5.23. The zero-order chi connectivity index (χ0) is 17.7. The summed E-state index contributed by atoms with van der Waals surface area (Å²) in [5.74, 6) is 0.787. The van der Waals surface area contributed by atoms with Gasteiger partial charge < -0.3 is 9.64 Å². The third-order valence-corrected chi connectivity index (χ3v) is 3.97. The molecule has 5 nitrogen and oxygen atoms in total. The van der Waals surface area contributed by atoms with E-state index in [2.05, 4.69) is 9.97 Å². The summed E-state index contributed by atoms with van der Waals surface area (Å²) in [5, 5.41) is 0.655. The summed E-state index contributed by atoms with van der Waals surface area (Å²) in [6, 6.07) is 7.33. The lowest BCUT2D eigenvalue weighted by Gasteiger charge is -2.23. The van der Waals surface area contributed by atoms with Gasteiger partial charge >= 0.3 is 5.97 Å². The molecule has 0 N–H and O–H groups in total. The number of halogens is 1. The van der Waals surface area contributed by atoms with Gasteiger partial charge in [-0.2, -0.15) is 0 Å². The molecule has 0 aliphatic heterocycles. The van der Waals surface area contributed by atoms with Crippen LogP contribution in [0.4, 0.5) is 5.82 Å². The Morgan fingerprint density at radius 3 is 2.29 bits per heavy atom. The number of aromatic nitrogens is 2. The van der Waals surface area contributed by atoms with Gasteiger partial charge in [-0.15, -0.1) is 0 Å². The largest absolute Gasteiger partial charge is 0.462 e. The Morgan fingerprint density at radius 1 is 1.12 bits per heavy atom. The molecule has 1 heterocycles. The van der Waals surface area contributed by atoms with Crippen LogP contribution >= 0.6 is 11.6 Å². The lowest BCUT2D eigenvalue weighted by atomic mass is 10.1. The minimum atomic E-state index is -0.389. The summed E-state index contributed by atoms with van der Waals surface area (Å²) in [7, 11) is 0. The smallest absolute Gasteiger partial charge is 0.343 e. The van der Waals surface area contributed by atoms with Crippen LogP contribution in [0.1, 0.15) is 36.8 Å². The minimum absolute atomic E-state index is 0.314. The fourth-order valence-corrected chi connectivity index (χ4v) is 2.61. The summed E-state index contributed by atoms with van der Waals surface area (Å²) in [6.07, 6.45) is 0. The molecule has 6 heteroatoms. The molecule has 0 saturated heterocycles. The van der Waals surface area contributed by atoms with Crippen LogP contribution in [-0.4, -0.2) is 35.6 Å². The van der Waals surface area contributed by atoms with Gasteiger partial charge in [-0.1, -0.05) is 11.6 Å². The van der Waals surface area contributed by atoms with Crippen molar-refractivity contribution in [2.24, 2.45) is 0 Å². The Kier molecular flexibility index (Phi) is 6.15. The number of ether oxygens (including phenoxy) is 1. The number of hydrogen-bond acceptors (Lipinski definition) is 5. The van der Waals surface area contributed by atoms with E-state index in [4.69, 9.17) is 16.3 Å². The molecule has 0 aliphatic rings. The zero-order valence-electron chi connectivity index (χ0n) is 14.5. The molecule has 0 aliphatic carbocycles. The van der Waals surface area contributed by atoms with Crippen molar-refractivity contribution in [1.82, 2.24) is 9.97 Å². The standard InChI is InChI=1S/C18H22ClN3O2/c1-5-22(6-2)17-15(18(23)24-7-3)12(4)20-16(21-17)13-8-10-14(19)11-9-13/h8-11H,5-7H2,1-4H3. The summed E-state index contributed by atoms with van der Waals surface area (Å²) in [6.45, 7) is 9.43. The molecule has 0 bridgehead atoms. The summed E-state index contributed by atoms with van der Waals surface area (Å²) >= 11 is 5.95. The Hall–Kier alpha value is -2.14. The number of esters is 1. The van der Waals surface area contributed by atoms with Gasteiger partial charge in [-0.25, -0.2) is 14.8 Å². The number of carbonyl (C=O) groups is 1. The molecule has 24 heavy (non-hydrogen) atoms. The highest BCUT2D eigenvalue weighted by Crippen LogP contribution is 2.26. The van der Waals surface area contributed by atoms with E-state index in [1.807, 2.05) is 30.9 Å². The quantitative estimate of drug-likeness (QED) is 0.735. The number of rotatable bonds is 6. The average molecular weight is 348 g/mol. The van der Waals surface area contributed by atoms with Crippen molar-refractivity contribution < 1.29 is 9.53 Å². The predicted molar refractivity (Wildman–Crippen MR) is 96.7 cm³/mol. The van der Waals surface area contributed by atoms with E-state index in [1.165, 1.54) is 0 Å². The summed E-state index contributed by atoms with van der Waals surface area (Å²) < 4.78 is 5.19. The van der Waals surface area contributed by atoms with Crippen molar-refractivity contribution in [3.8, 4) is 11.4 Å². The van der Waals surface area contributed by atoms with Crippen LogP contribution < -0.4 is 4.90 Å². The first kappa shape index (κ1) is 18.2. The van der Waals surface area contributed by atoms with Crippen molar-refractivity contribution in [1.29, 1.82) is 0 Å². The lowest BCUT2D eigenvalue weighted by molar-refractivity contribution is 0.0525. The van der Waals surface area contributed by atoms with Gasteiger partial charge in [0.15, 0.2) is 5.82 Å². The highest BCUT2D eigenvalue weighted by molar-refractivity contribution is 6.30. The molecule has 0 saturated carbocycles. The van der Waals surface area contributed by atoms with Gasteiger partial charge in [0.25, 0.3) is 0 Å². The molecule has 0 unspecified atom stereocenters. The molecule has 0 atom stereocenters. The van der Waals surface area contributed by atoms with Crippen LogP contribution in [0.5, 0.6) is 0 Å².